The summed E-state index contributed by atoms with van der Waals surface area (Å²) in [7, 11) is -5.14. The Kier molecular flexibility index (Phi) is 5.25. The molecule has 0 aromatic carbocycles. The van der Waals surface area contributed by atoms with E-state index < -0.39 is 55.9 Å². The minimum Gasteiger partial charge on any atom is -0.329 e. The van der Waals surface area contributed by atoms with E-state index in [0.29, 0.717) is 0 Å². The first-order valence-corrected chi connectivity index (χ1v) is 9.73. The second-order valence-corrected chi connectivity index (χ2v) is 9.01. The Labute approximate surface area is 161 Å². The van der Waals surface area contributed by atoms with E-state index in [2.05, 4.69) is 4.84 Å². The van der Waals surface area contributed by atoms with Gasteiger partial charge in [-0.1, -0.05) is 13.8 Å². The van der Waals surface area contributed by atoms with E-state index in [9.17, 15) is 36.9 Å². The van der Waals surface area contributed by atoms with Crippen LogP contribution in [0, 0.1) is 5.41 Å². The lowest BCUT2D eigenvalue weighted by Gasteiger charge is -2.48. The largest absolute Gasteiger partial charge is 0.354 e. The average Bonchev–Trinajstić information content (AvgIpc) is 3.01. The molecule has 0 aromatic rings. The summed E-state index contributed by atoms with van der Waals surface area (Å²) in [6.45, 7) is 5.15. The Bertz CT molecular complexity index is 867. The van der Waals surface area contributed by atoms with E-state index in [1.807, 2.05) is 0 Å². The van der Waals surface area contributed by atoms with Gasteiger partial charge in [0, 0.05) is 30.4 Å². The van der Waals surface area contributed by atoms with Gasteiger partial charge in [-0.25, -0.2) is 4.79 Å². The Morgan fingerprint density at radius 3 is 1.86 bits per heavy atom. The quantitative estimate of drug-likeness (QED) is 0.449. The predicted molar refractivity (Wildman–Crippen MR) is 91.4 cm³/mol. The number of amides is 4. The molecule has 154 valence electrons. The molecule has 1 saturated heterocycles. The SMILES string of the molecule is CC(C)(C(C(=O)ON1C(=O)CCC1=O)S(=O)(=O)O)C(C)(C)N1C(=O)C=CC1=O. The van der Waals surface area contributed by atoms with Crippen LogP contribution in [-0.2, 0) is 38.9 Å². The monoisotopic (exact) mass is 416 g/mol. The van der Waals surface area contributed by atoms with Crippen molar-refractivity contribution in [1.29, 1.82) is 0 Å². The van der Waals surface area contributed by atoms with Crippen molar-refractivity contribution in [3.8, 4) is 0 Å². The van der Waals surface area contributed by atoms with E-state index in [0.717, 1.165) is 17.1 Å². The Morgan fingerprint density at radius 2 is 1.46 bits per heavy atom. The van der Waals surface area contributed by atoms with Gasteiger partial charge in [-0.15, -0.1) is 5.06 Å². The molecule has 0 bridgehead atoms. The summed E-state index contributed by atoms with van der Waals surface area (Å²) in [5.41, 5.74) is -3.38. The molecule has 4 amide bonds. The molecule has 0 spiro atoms. The molecule has 1 fully saturated rings. The molecule has 0 saturated carbocycles. The van der Waals surface area contributed by atoms with Gasteiger partial charge in [0.1, 0.15) is 0 Å². The minimum atomic E-state index is -5.14. The van der Waals surface area contributed by atoms with E-state index in [-0.39, 0.29) is 17.9 Å². The molecule has 0 aromatic heterocycles. The van der Waals surface area contributed by atoms with E-state index in [1.54, 1.807) is 0 Å². The maximum absolute atomic E-state index is 12.6. The minimum absolute atomic E-state index is 0.150. The van der Waals surface area contributed by atoms with Crippen molar-refractivity contribution in [3.05, 3.63) is 12.2 Å². The number of hydrogen-bond acceptors (Lipinski definition) is 8. The molecule has 1 N–H and O–H groups in total. The second-order valence-electron chi connectivity index (χ2n) is 7.51. The molecule has 11 nitrogen and oxygen atoms in total. The molecule has 0 radical (unpaired) electrons. The highest BCUT2D eigenvalue weighted by Gasteiger charge is 2.58. The van der Waals surface area contributed by atoms with Crippen molar-refractivity contribution < 1.29 is 41.8 Å². The van der Waals surface area contributed by atoms with Crippen molar-refractivity contribution >= 4 is 39.7 Å². The molecule has 1 atom stereocenters. The maximum atomic E-state index is 12.6. The van der Waals surface area contributed by atoms with Crippen molar-refractivity contribution in [3.63, 3.8) is 0 Å². The first-order valence-electron chi connectivity index (χ1n) is 8.22. The Balaban J connectivity index is 2.45. The average molecular weight is 416 g/mol. The third-order valence-electron chi connectivity index (χ3n) is 5.30. The fourth-order valence-corrected chi connectivity index (χ4v) is 4.46. The summed E-state index contributed by atoms with van der Waals surface area (Å²) in [5, 5.41) is -2.16. The predicted octanol–water partition coefficient (Wildman–Crippen LogP) is -0.420. The molecule has 2 rings (SSSR count). The zero-order valence-electron chi connectivity index (χ0n) is 15.7. The number of rotatable bonds is 6. The van der Waals surface area contributed by atoms with Crippen LogP contribution in [0.1, 0.15) is 40.5 Å². The fourth-order valence-electron chi connectivity index (χ4n) is 3.14. The molecule has 12 heteroatoms. The number of hydroxylamine groups is 2. The van der Waals surface area contributed by atoms with Gasteiger partial charge in [0.05, 0.1) is 5.54 Å². The van der Waals surface area contributed by atoms with Crippen LogP contribution < -0.4 is 0 Å². The smallest absolute Gasteiger partial charge is 0.329 e. The third-order valence-corrected chi connectivity index (χ3v) is 6.68. The number of carbonyl (C=O) groups excluding carboxylic acids is 5. The lowest BCUT2D eigenvalue weighted by Crippen LogP contribution is -2.63. The van der Waals surface area contributed by atoms with E-state index in [4.69, 9.17) is 0 Å². The highest BCUT2D eigenvalue weighted by molar-refractivity contribution is 7.87. The topological polar surface area (TPSA) is 155 Å². The van der Waals surface area contributed by atoms with Crippen LogP contribution in [0.2, 0.25) is 0 Å². The molecule has 2 aliphatic rings. The van der Waals surface area contributed by atoms with Crippen LogP contribution in [0.25, 0.3) is 0 Å². The van der Waals surface area contributed by atoms with Gasteiger partial charge in [0.15, 0.2) is 5.25 Å². The molecular formula is C16H20N2O9S. The summed E-state index contributed by atoms with van der Waals surface area (Å²) >= 11 is 0. The Morgan fingerprint density at radius 1 is 1.04 bits per heavy atom. The zero-order valence-corrected chi connectivity index (χ0v) is 16.5. The zero-order chi connectivity index (χ0) is 21.7. The van der Waals surface area contributed by atoms with Crippen molar-refractivity contribution in [2.24, 2.45) is 5.41 Å². The highest BCUT2D eigenvalue weighted by Crippen LogP contribution is 2.43. The molecular weight excluding hydrogens is 396 g/mol. The fraction of sp³-hybridized carbons (Fsp3) is 0.562. The van der Waals surface area contributed by atoms with Crippen LogP contribution in [0.4, 0.5) is 0 Å². The van der Waals surface area contributed by atoms with Gasteiger partial charge in [0.25, 0.3) is 33.7 Å². The van der Waals surface area contributed by atoms with Crippen molar-refractivity contribution in [2.45, 2.75) is 51.3 Å². The normalized spacial score (nSPS) is 19.6. The van der Waals surface area contributed by atoms with Crippen LogP contribution in [0.5, 0.6) is 0 Å². The second kappa shape index (κ2) is 6.78. The van der Waals surface area contributed by atoms with Gasteiger partial charge in [-0.3, -0.25) is 28.6 Å². The standard InChI is InChI=1S/C16H20N2O9S/c1-15(2,16(3,4)17-9(19)5-6-10(17)20)13(28(24,25)26)14(23)27-18-11(21)7-8-12(18)22/h5-6,13H,7-8H2,1-4H3,(H,24,25,26). The summed E-state index contributed by atoms with van der Waals surface area (Å²) in [6.07, 6.45) is 1.56. The van der Waals surface area contributed by atoms with E-state index >= 15 is 0 Å². The molecule has 2 aliphatic heterocycles. The van der Waals surface area contributed by atoms with Crippen LogP contribution in [0.3, 0.4) is 0 Å². The Hall–Kier alpha value is -2.60. The summed E-state index contributed by atoms with van der Waals surface area (Å²) in [5.74, 6) is -4.71. The van der Waals surface area contributed by atoms with Crippen LogP contribution >= 0.6 is 0 Å². The molecule has 1 unspecified atom stereocenters. The van der Waals surface area contributed by atoms with Crippen LogP contribution in [-0.4, -0.2) is 63.3 Å². The summed E-state index contributed by atoms with van der Waals surface area (Å²) < 4.78 is 33.8. The number of imide groups is 2. The van der Waals surface area contributed by atoms with Crippen molar-refractivity contribution in [2.75, 3.05) is 0 Å². The molecule has 2 heterocycles. The maximum Gasteiger partial charge on any atom is 0.354 e. The van der Waals surface area contributed by atoms with Gasteiger partial charge in [0.2, 0.25) is 0 Å². The molecule has 28 heavy (non-hydrogen) atoms. The number of nitrogens with zero attached hydrogens (tertiary/aromatic N) is 2. The van der Waals surface area contributed by atoms with Crippen molar-refractivity contribution in [1.82, 2.24) is 9.96 Å². The van der Waals surface area contributed by atoms with E-state index in [1.165, 1.54) is 27.7 Å². The van der Waals surface area contributed by atoms with Crippen LogP contribution in [0.15, 0.2) is 12.2 Å². The van der Waals surface area contributed by atoms with Gasteiger partial charge in [-0.2, -0.15) is 8.42 Å². The molecule has 0 aliphatic carbocycles. The van der Waals surface area contributed by atoms with Gasteiger partial charge in [-0.05, 0) is 13.8 Å². The summed E-state index contributed by atoms with van der Waals surface area (Å²) in [4.78, 5) is 65.5. The number of carbonyl (C=O) groups is 5. The highest BCUT2D eigenvalue weighted by atomic mass is 32.2. The first kappa shape index (κ1) is 21.7. The summed E-state index contributed by atoms with van der Waals surface area (Å²) in [6, 6.07) is 0. The number of hydrogen-bond donors (Lipinski definition) is 1. The van der Waals surface area contributed by atoms with Gasteiger partial charge < -0.3 is 4.84 Å². The third kappa shape index (κ3) is 3.44. The lowest BCUT2D eigenvalue weighted by atomic mass is 9.70. The first-order chi connectivity index (χ1) is 12.6. The lowest BCUT2D eigenvalue weighted by molar-refractivity contribution is -0.199. The van der Waals surface area contributed by atoms with Gasteiger partial charge >= 0.3 is 5.97 Å².